The highest BCUT2D eigenvalue weighted by Crippen LogP contribution is 2.35. The molecule has 3 heteroatoms. The second-order valence-electron chi connectivity index (χ2n) is 7.22. The summed E-state index contributed by atoms with van der Waals surface area (Å²) < 4.78 is 0. The number of aliphatic hydroxyl groups excluding tert-OH is 1. The fraction of sp³-hybridized carbons (Fsp3) is 0.217. The summed E-state index contributed by atoms with van der Waals surface area (Å²) in [5, 5.41) is 27.1. The van der Waals surface area contributed by atoms with Crippen molar-refractivity contribution in [1.29, 1.82) is 0 Å². The molecule has 4 rings (SSSR count). The SMILES string of the molecule is CC(CO)C(N)(O)Cc1ccc2c3ccccc3c3ccccc3c2c1. The van der Waals surface area contributed by atoms with Crippen LogP contribution in [0.25, 0.3) is 32.3 Å². The number of hydrogen-bond donors (Lipinski definition) is 3. The third kappa shape index (κ3) is 2.74. The van der Waals surface area contributed by atoms with Crippen LogP contribution in [0.4, 0.5) is 0 Å². The molecule has 0 spiro atoms. The molecule has 0 radical (unpaired) electrons. The lowest BCUT2D eigenvalue weighted by atomic mass is 9.89. The van der Waals surface area contributed by atoms with Crippen molar-refractivity contribution in [3.8, 4) is 0 Å². The molecule has 0 heterocycles. The molecule has 0 aliphatic carbocycles. The first kappa shape index (κ1) is 17.0. The number of nitrogens with two attached hydrogens (primary N) is 1. The minimum atomic E-state index is -1.44. The van der Waals surface area contributed by atoms with Gasteiger partial charge in [0.15, 0.2) is 0 Å². The number of hydrogen-bond acceptors (Lipinski definition) is 3. The van der Waals surface area contributed by atoms with E-state index in [4.69, 9.17) is 5.73 Å². The normalized spacial score (nSPS) is 15.4. The predicted octanol–water partition coefficient (Wildman–Crippen LogP) is 3.96. The van der Waals surface area contributed by atoms with E-state index in [1.165, 1.54) is 26.9 Å². The van der Waals surface area contributed by atoms with Gasteiger partial charge in [0.1, 0.15) is 5.72 Å². The minimum Gasteiger partial charge on any atom is -0.396 e. The molecular formula is C23H23NO2. The first-order valence-corrected chi connectivity index (χ1v) is 8.95. The van der Waals surface area contributed by atoms with Gasteiger partial charge in [-0.15, -0.1) is 0 Å². The molecule has 0 bridgehead atoms. The Bertz CT molecular complexity index is 1070. The molecule has 0 aromatic heterocycles. The summed E-state index contributed by atoms with van der Waals surface area (Å²) in [6.45, 7) is 1.61. The molecular weight excluding hydrogens is 322 g/mol. The maximum atomic E-state index is 10.5. The van der Waals surface area contributed by atoms with E-state index in [9.17, 15) is 10.2 Å². The zero-order valence-corrected chi connectivity index (χ0v) is 14.8. The zero-order valence-electron chi connectivity index (χ0n) is 14.8. The summed E-state index contributed by atoms with van der Waals surface area (Å²) in [6.07, 6.45) is 0.297. The van der Waals surface area contributed by atoms with Gasteiger partial charge in [-0.05, 0) is 37.9 Å². The molecule has 4 aromatic carbocycles. The largest absolute Gasteiger partial charge is 0.396 e. The summed E-state index contributed by atoms with van der Waals surface area (Å²) in [7, 11) is 0. The van der Waals surface area contributed by atoms with E-state index >= 15 is 0 Å². The zero-order chi connectivity index (χ0) is 18.3. The Morgan fingerprint density at radius 2 is 1.27 bits per heavy atom. The van der Waals surface area contributed by atoms with Gasteiger partial charge in [-0.25, -0.2) is 0 Å². The van der Waals surface area contributed by atoms with E-state index in [0.717, 1.165) is 10.9 Å². The molecule has 0 saturated heterocycles. The van der Waals surface area contributed by atoms with Crippen molar-refractivity contribution in [2.75, 3.05) is 6.61 Å². The molecule has 4 aromatic rings. The Balaban J connectivity index is 1.96. The van der Waals surface area contributed by atoms with Crippen molar-refractivity contribution in [2.24, 2.45) is 11.7 Å². The highest BCUT2D eigenvalue weighted by molar-refractivity contribution is 6.25. The average molecular weight is 345 g/mol. The topological polar surface area (TPSA) is 66.5 Å². The van der Waals surface area contributed by atoms with Crippen molar-refractivity contribution in [3.05, 3.63) is 72.3 Å². The van der Waals surface area contributed by atoms with Crippen molar-refractivity contribution in [1.82, 2.24) is 0 Å². The van der Waals surface area contributed by atoms with Crippen LogP contribution in [0.15, 0.2) is 66.7 Å². The molecule has 0 amide bonds. The molecule has 3 nitrogen and oxygen atoms in total. The first-order chi connectivity index (χ1) is 12.5. The summed E-state index contributed by atoms with van der Waals surface area (Å²) in [6, 6.07) is 23.1. The Morgan fingerprint density at radius 3 is 1.77 bits per heavy atom. The standard InChI is InChI=1S/C23H23NO2/c1-15(14-25)23(24,26)13-16-10-11-21-19-8-3-2-6-17(19)18-7-4-5-9-20(18)22(21)12-16/h2-12,15,25-26H,13-14,24H2,1H3. The van der Waals surface area contributed by atoms with Crippen LogP contribution >= 0.6 is 0 Å². The van der Waals surface area contributed by atoms with E-state index in [1.807, 2.05) is 6.07 Å². The Morgan fingerprint density at radius 1 is 0.808 bits per heavy atom. The number of benzene rings is 4. The maximum Gasteiger partial charge on any atom is 0.122 e. The second kappa shape index (κ2) is 6.36. The van der Waals surface area contributed by atoms with Gasteiger partial charge in [-0.3, -0.25) is 0 Å². The molecule has 0 aliphatic rings. The van der Waals surface area contributed by atoms with Crippen LogP contribution in [0, 0.1) is 5.92 Å². The smallest absolute Gasteiger partial charge is 0.122 e. The molecule has 4 N–H and O–H groups in total. The minimum absolute atomic E-state index is 0.145. The molecule has 0 fully saturated rings. The monoisotopic (exact) mass is 345 g/mol. The van der Waals surface area contributed by atoms with Crippen molar-refractivity contribution >= 4 is 32.3 Å². The van der Waals surface area contributed by atoms with Gasteiger partial charge in [0.2, 0.25) is 0 Å². The molecule has 26 heavy (non-hydrogen) atoms. The molecule has 132 valence electrons. The van der Waals surface area contributed by atoms with Crippen molar-refractivity contribution in [3.63, 3.8) is 0 Å². The molecule has 0 saturated carbocycles. The highest BCUT2D eigenvalue weighted by atomic mass is 16.3. The van der Waals surface area contributed by atoms with Gasteiger partial charge in [-0.2, -0.15) is 0 Å². The first-order valence-electron chi connectivity index (χ1n) is 8.95. The van der Waals surface area contributed by atoms with E-state index in [0.29, 0.717) is 6.42 Å². The van der Waals surface area contributed by atoms with Crippen LogP contribution in [0.5, 0.6) is 0 Å². The van der Waals surface area contributed by atoms with Gasteiger partial charge in [-0.1, -0.05) is 73.7 Å². The third-order valence-electron chi connectivity index (χ3n) is 5.42. The summed E-state index contributed by atoms with van der Waals surface area (Å²) in [5.74, 6) is -0.397. The van der Waals surface area contributed by atoms with Gasteiger partial charge < -0.3 is 15.9 Å². The number of aliphatic hydroxyl groups is 2. The number of rotatable bonds is 4. The van der Waals surface area contributed by atoms with Gasteiger partial charge in [0.25, 0.3) is 0 Å². The fourth-order valence-electron chi connectivity index (χ4n) is 3.72. The van der Waals surface area contributed by atoms with Crippen LogP contribution in [-0.4, -0.2) is 22.5 Å². The van der Waals surface area contributed by atoms with Crippen LogP contribution in [0.3, 0.4) is 0 Å². The molecule has 2 unspecified atom stereocenters. The summed E-state index contributed by atoms with van der Waals surface area (Å²) in [4.78, 5) is 0. The van der Waals surface area contributed by atoms with E-state index in [-0.39, 0.29) is 6.61 Å². The highest BCUT2D eigenvalue weighted by Gasteiger charge is 2.28. The quantitative estimate of drug-likeness (QED) is 0.387. The van der Waals surface area contributed by atoms with Gasteiger partial charge >= 0.3 is 0 Å². The van der Waals surface area contributed by atoms with Gasteiger partial charge in [0.05, 0.1) is 0 Å². The van der Waals surface area contributed by atoms with Crippen LogP contribution in [-0.2, 0) is 6.42 Å². The van der Waals surface area contributed by atoms with Crippen molar-refractivity contribution < 1.29 is 10.2 Å². The molecule has 2 atom stereocenters. The average Bonchev–Trinajstić information content (AvgIpc) is 2.67. The van der Waals surface area contributed by atoms with E-state index in [2.05, 4.69) is 60.7 Å². The van der Waals surface area contributed by atoms with E-state index in [1.54, 1.807) is 6.92 Å². The Hall–Kier alpha value is -2.46. The van der Waals surface area contributed by atoms with Gasteiger partial charge in [0, 0.05) is 18.9 Å². The van der Waals surface area contributed by atoms with Crippen LogP contribution in [0.2, 0.25) is 0 Å². The molecule has 0 aliphatic heterocycles. The predicted molar refractivity (Wildman–Crippen MR) is 108 cm³/mol. The number of fused-ring (bicyclic) bond motifs is 6. The van der Waals surface area contributed by atoms with Crippen LogP contribution in [0.1, 0.15) is 12.5 Å². The maximum absolute atomic E-state index is 10.5. The van der Waals surface area contributed by atoms with E-state index < -0.39 is 11.6 Å². The second-order valence-corrected chi connectivity index (χ2v) is 7.22. The lowest BCUT2D eigenvalue weighted by Crippen LogP contribution is -2.49. The van der Waals surface area contributed by atoms with Crippen LogP contribution < -0.4 is 5.73 Å². The lowest BCUT2D eigenvalue weighted by Gasteiger charge is -2.29. The Kier molecular flexibility index (Phi) is 4.16. The summed E-state index contributed by atoms with van der Waals surface area (Å²) >= 11 is 0. The fourth-order valence-corrected chi connectivity index (χ4v) is 3.72. The lowest BCUT2D eigenvalue weighted by molar-refractivity contribution is -0.0265. The third-order valence-corrected chi connectivity index (χ3v) is 5.42. The summed E-state index contributed by atoms with van der Waals surface area (Å²) in [5.41, 5.74) is 5.57. The Labute approximate surface area is 152 Å². The van der Waals surface area contributed by atoms with Crippen molar-refractivity contribution in [2.45, 2.75) is 19.1 Å².